The number of urea groups is 1. The minimum Gasteiger partial charge on any atom is -0.409 e. The molecule has 0 radical (unpaired) electrons. The number of nitrogens with one attached hydrogen (secondary N) is 4. The molecule has 12 nitrogen and oxygen atoms in total. The van der Waals surface area contributed by atoms with E-state index in [4.69, 9.17) is 21.1 Å². The van der Waals surface area contributed by atoms with E-state index in [0.717, 1.165) is 13.1 Å². The molecule has 4 aromatic rings. The third-order valence-corrected chi connectivity index (χ3v) is 6.62. The molecule has 0 unspecified atom stereocenters. The Balaban J connectivity index is 1.23. The Kier molecular flexibility index (Phi) is 7.75. The largest absolute Gasteiger partial charge is 0.412 e. The molecule has 0 aliphatic carbocycles. The van der Waals surface area contributed by atoms with E-state index in [9.17, 15) is 9.59 Å². The molecule has 3 aromatic heterocycles. The van der Waals surface area contributed by atoms with E-state index in [1.807, 2.05) is 0 Å². The second kappa shape index (κ2) is 11.5. The van der Waals surface area contributed by atoms with Crippen LogP contribution in [-0.4, -0.2) is 76.6 Å². The lowest BCUT2D eigenvalue weighted by atomic mass is 10.2. The van der Waals surface area contributed by atoms with Crippen molar-refractivity contribution in [2.45, 2.75) is 0 Å². The summed E-state index contributed by atoms with van der Waals surface area (Å²) in [7, 11) is 0. The third kappa shape index (κ3) is 6.51. The fourth-order valence-electron chi connectivity index (χ4n) is 3.66. The van der Waals surface area contributed by atoms with E-state index >= 15 is 0 Å². The summed E-state index contributed by atoms with van der Waals surface area (Å²) in [4.78, 5) is 36.5. The Morgan fingerprint density at radius 3 is 2.89 bits per heavy atom. The fraction of sp³-hybridized carbons (Fsp3) is 0.261. The maximum absolute atomic E-state index is 12.5. The van der Waals surface area contributed by atoms with Gasteiger partial charge in [-0.2, -0.15) is 5.10 Å². The van der Waals surface area contributed by atoms with Gasteiger partial charge in [0.2, 0.25) is 0 Å². The van der Waals surface area contributed by atoms with Crippen molar-refractivity contribution in [3.05, 3.63) is 47.7 Å². The van der Waals surface area contributed by atoms with Crippen LogP contribution < -0.4 is 20.7 Å². The highest BCUT2D eigenvalue weighted by Crippen LogP contribution is 2.33. The summed E-state index contributed by atoms with van der Waals surface area (Å²) in [5.41, 5.74) is 1.52. The van der Waals surface area contributed by atoms with Gasteiger partial charge in [0.25, 0.3) is 0 Å². The molecule has 14 heteroatoms. The molecule has 1 aliphatic heterocycles. The molecule has 0 atom stereocenters. The van der Waals surface area contributed by atoms with Crippen LogP contribution in [0.15, 0.2) is 42.7 Å². The van der Waals surface area contributed by atoms with Crippen LogP contribution in [-0.2, 0) is 4.74 Å². The zero-order valence-electron chi connectivity index (χ0n) is 19.5. The van der Waals surface area contributed by atoms with E-state index in [1.54, 1.807) is 42.7 Å². The van der Waals surface area contributed by atoms with E-state index in [1.165, 1.54) is 11.3 Å². The molecule has 1 aromatic carbocycles. The minimum absolute atomic E-state index is 0.305. The van der Waals surface area contributed by atoms with Gasteiger partial charge in [0.15, 0.2) is 10.8 Å². The molecular weight excluding hydrogens is 520 g/mol. The summed E-state index contributed by atoms with van der Waals surface area (Å²) in [5, 5.41) is 16.4. The van der Waals surface area contributed by atoms with E-state index in [2.05, 4.69) is 41.0 Å². The van der Waals surface area contributed by atoms with Gasteiger partial charge in [-0.1, -0.05) is 29.0 Å². The van der Waals surface area contributed by atoms with Gasteiger partial charge in [-0.05, 0) is 18.2 Å². The first-order valence-electron chi connectivity index (χ1n) is 11.4. The van der Waals surface area contributed by atoms with Gasteiger partial charge in [-0.25, -0.2) is 19.6 Å². The molecule has 0 bridgehead atoms. The zero-order valence-corrected chi connectivity index (χ0v) is 21.1. The number of fused-ring (bicyclic) bond motifs is 1. The second-order valence-electron chi connectivity index (χ2n) is 8.03. The number of hydrogen-bond acceptors (Lipinski definition) is 9. The number of aromatic nitrogens is 4. The molecule has 1 saturated heterocycles. The molecular formula is C23H23ClN8O4S. The topological polar surface area (TPSA) is 146 Å². The first kappa shape index (κ1) is 24.9. The third-order valence-electron chi connectivity index (χ3n) is 5.45. The van der Waals surface area contributed by atoms with Crippen molar-refractivity contribution in [2.24, 2.45) is 0 Å². The first-order valence-corrected chi connectivity index (χ1v) is 12.6. The van der Waals surface area contributed by atoms with Crippen LogP contribution in [0, 0.1) is 0 Å². The number of carbonyl (C=O) groups is 2. The Bertz CT molecular complexity index is 1400. The van der Waals surface area contributed by atoms with Gasteiger partial charge in [-0.15, -0.1) is 0 Å². The quantitative estimate of drug-likeness (QED) is 0.276. The smallest absolute Gasteiger partial charge is 0.409 e. The molecule has 37 heavy (non-hydrogen) atoms. The van der Waals surface area contributed by atoms with Crippen LogP contribution in [0.3, 0.4) is 0 Å². The number of halogens is 1. The highest BCUT2D eigenvalue weighted by Gasteiger charge is 2.17. The summed E-state index contributed by atoms with van der Waals surface area (Å²) in [6, 6.07) is 8.00. The fourth-order valence-corrected chi connectivity index (χ4v) is 4.63. The van der Waals surface area contributed by atoms with Crippen LogP contribution in [0.2, 0.25) is 5.02 Å². The average Bonchev–Trinajstić information content (AvgIpc) is 3.54. The van der Waals surface area contributed by atoms with Crippen LogP contribution in [0.25, 0.3) is 21.6 Å². The number of nitrogens with zero attached hydrogens (tertiary/aromatic N) is 4. The molecule has 1 aliphatic rings. The summed E-state index contributed by atoms with van der Waals surface area (Å²) in [5.74, 6) is 0.305. The minimum atomic E-state index is -0.572. The van der Waals surface area contributed by atoms with Crippen molar-refractivity contribution in [1.29, 1.82) is 0 Å². The number of anilines is 2. The standard InChI is InChI=1S/C23H23ClN8O4S/c24-14-2-1-3-15(10-14)28-21(33)30-22-26-13-19(37-22)17-11-18(16-12-27-31-20(16)29-17)36-23(34)25-4-5-32-6-8-35-9-7-32/h1-3,10-13H,4-9H2,(H,25,34)(H,27,29,31)(H2,26,28,30,33). The number of rotatable bonds is 7. The highest BCUT2D eigenvalue weighted by atomic mass is 35.5. The number of aromatic amines is 1. The molecule has 4 heterocycles. The zero-order chi connectivity index (χ0) is 25.6. The van der Waals surface area contributed by atoms with Crippen molar-refractivity contribution in [3.63, 3.8) is 0 Å². The van der Waals surface area contributed by atoms with Gasteiger partial charge >= 0.3 is 12.1 Å². The lowest BCUT2D eigenvalue weighted by molar-refractivity contribution is 0.0385. The van der Waals surface area contributed by atoms with Crippen molar-refractivity contribution in [1.82, 2.24) is 30.4 Å². The lowest BCUT2D eigenvalue weighted by Crippen LogP contribution is -2.41. The number of benzene rings is 1. The maximum atomic E-state index is 12.5. The van der Waals surface area contributed by atoms with Crippen LogP contribution in [0.1, 0.15) is 0 Å². The molecule has 3 amide bonds. The second-order valence-corrected chi connectivity index (χ2v) is 9.49. The number of morpholine rings is 1. The van der Waals surface area contributed by atoms with E-state index in [-0.39, 0.29) is 0 Å². The maximum Gasteiger partial charge on any atom is 0.412 e. The van der Waals surface area contributed by atoms with Crippen molar-refractivity contribution < 1.29 is 19.1 Å². The number of pyridine rings is 1. The number of amides is 3. The van der Waals surface area contributed by atoms with Gasteiger partial charge in [0.05, 0.1) is 35.4 Å². The van der Waals surface area contributed by atoms with Gasteiger partial charge in [-0.3, -0.25) is 15.3 Å². The SMILES string of the molecule is O=C(Nc1cccc(Cl)c1)Nc1ncc(-c2cc(OC(=O)NCCN3CCOCC3)c3cn[nH]c3n2)s1. The van der Waals surface area contributed by atoms with Crippen molar-refractivity contribution >= 4 is 56.9 Å². The monoisotopic (exact) mass is 542 g/mol. The number of thiazole rings is 1. The predicted octanol–water partition coefficient (Wildman–Crippen LogP) is 3.80. The normalized spacial score (nSPS) is 13.9. The Morgan fingerprint density at radius 1 is 1.19 bits per heavy atom. The van der Waals surface area contributed by atoms with Gasteiger partial charge in [0.1, 0.15) is 5.75 Å². The highest BCUT2D eigenvalue weighted by molar-refractivity contribution is 7.19. The molecule has 4 N–H and O–H groups in total. The number of hydrogen-bond donors (Lipinski definition) is 4. The average molecular weight is 543 g/mol. The summed E-state index contributed by atoms with van der Waals surface area (Å²) >= 11 is 7.18. The van der Waals surface area contributed by atoms with Gasteiger partial charge in [0, 0.05) is 49.2 Å². The molecule has 0 saturated carbocycles. The van der Waals surface area contributed by atoms with Crippen molar-refractivity contribution in [2.75, 3.05) is 50.0 Å². The first-order chi connectivity index (χ1) is 18.0. The van der Waals surface area contributed by atoms with Crippen molar-refractivity contribution in [3.8, 4) is 16.3 Å². The number of ether oxygens (including phenoxy) is 2. The Morgan fingerprint density at radius 2 is 2.05 bits per heavy atom. The number of carbonyl (C=O) groups excluding carboxylic acids is 2. The lowest BCUT2D eigenvalue weighted by Gasteiger charge is -2.26. The van der Waals surface area contributed by atoms with Gasteiger partial charge < -0.3 is 20.1 Å². The molecule has 192 valence electrons. The summed E-state index contributed by atoms with van der Waals surface area (Å²) in [6.45, 7) is 4.24. The molecule has 1 fully saturated rings. The number of H-pyrrole nitrogens is 1. The Labute approximate surface area is 220 Å². The van der Waals surface area contributed by atoms with E-state index < -0.39 is 12.1 Å². The molecule has 5 rings (SSSR count). The van der Waals surface area contributed by atoms with Crippen LogP contribution >= 0.6 is 22.9 Å². The molecule has 0 spiro atoms. The van der Waals surface area contributed by atoms with Crippen LogP contribution in [0.5, 0.6) is 5.75 Å². The predicted molar refractivity (Wildman–Crippen MR) is 140 cm³/mol. The van der Waals surface area contributed by atoms with Crippen LogP contribution in [0.4, 0.5) is 20.4 Å². The Hall–Kier alpha value is -3.78. The summed E-state index contributed by atoms with van der Waals surface area (Å²) in [6.07, 6.45) is 2.55. The summed E-state index contributed by atoms with van der Waals surface area (Å²) < 4.78 is 10.9. The van der Waals surface area contributed by atoms with E-state index in [0.29, 0.717) is 69.5 Å².